The summed E-state index contributed by atoms with van der Waals surface area (Å²) >= 11 is 0. The lowest BCUT2D eigenvalue weighted by molar-refractivity contribution is -0.132. The van der Waals surface area contributed by atoms with E-state index in [1.165, 1.54) is 12.8 Å². The SMILES string of the molecule is CCCCCCP1(=O)CCC(=O)O1. The van der Waals surface area contributed by atoms with E-state index in [1.54, 1.807) is 0 Å². The van der Waals surface area contributed by atoms with Crippen LogP contribution in [-0.4, -0.2) is 18.3 Å². The molecule has 4 heteroatoms. The molecule has 0 aromatic carbocycles. The van der Waals surface area contributed by atoms with Crippen LogP contribution >= 0.6 is 7.37 Å². The van der Waals surface area contributed by atoms with E-state index >= 15 is 0 Å². The second-order valence-corrected chi connectivity index (χ2v) is 6.24. The normalized spacial score (nSPS) is 27.6. The van der Waals surface area contributed by atoms with Crippen molar-refractivity contribution in [1.82, 2.24) is 0 Å². The minimum Gasteiger partial charge on any atom is -0.412 e. The van der Waals surface area contributed by atoms with Gasteiger partial charge in [0, 0.05) is 12.3 Å². The molecule has 1 unspecified atom stereocenters. The number of hydrogen-bond acceptors (Lipinski definition) is 3. The number of carbonyl (C=O) groups is 1. The molecule has 0 spiro atoms. The lowest BCUT2D eigenvalue weighted by atomic mass is 10.2. The molecule has 0 N–H and O–H groups in total. The van der Waals surface area contributed by atoms with Crippen molar-refractivity contribution in [3.63, 3.8) is 0 Å². The minimum absolute atomic E-state index is 0.279. The molecule has 1 heterocycles. The van der Waals surface area contributed by atoms with Gasteiger partial charge in [-0.25, -0.2) is 0 Å². The molecule has 0 amide bonds. The van der Waals surface area contributed by atoms with Crippen LogP contribution in [0.5, 0.6) is 0 Å². The van der Waals surface area contributed by atoms with Gasteiger partial charge in [0.1, 0.15) is 0 Å². The smallest absolute Gasteiger partial charge is 0.311 e. The fourth-order valence-electron chi connectivity index (χ4n) is 1.48. The lowest BCUT2D eigenvalue weighted by Crippen LogP contribution is -1.92. The molecule has 0 bridgehead atoms. The summed E-state index contributed by atoms with van der Waals surface area (Å²) in [6, 6.07) is 0. The van der Waals surface area contributed by atoms with Crippen molar-refractivity contribution >= 4 is 13.3 Å². The molecule has 76 valence electrons. The first-order valence-electron chi connectivity index (χ1n) is 4.97. The van der Waals surface area contributed by atoms with Gasteiger partial charge in [0.05, 0.1) is 6.42 Å². The molecule has 1 aliphatic rings. The van der Waals surface area contributed by atoms with Crippen LogP contribution in [0.4, 0.5) is 0 Å². The Hall–Kier alpha value is -0.300. The molecule has 1 saturated heterocycles. The van der Waals surface area contributed by atoms with Crippen LogP contribution in [0, 0.1) is 0 Å². The van der Waals surface area contributed by atoms with E-state index in [0.29, 0.717) is 18.7 Å². The van der Waals surface area contributed by atoms with Crippen molar-refractivity contribution in [2.75, 3.05) is 12.3 Å². The van der Waals surface area contributed by atoms with E-state index in [0.717, 1.165) is 12.8 Å². The summed E-state index contributed by atoms with van der Waals surface area (Å²) < 4.78 is 16.6. The van der Waals surface area contributed by atoms with Crippen LogP contribution in [0.3, 0.4) is 0 Å². The number of carbonyl (C=O) groups excluding carboxylic acids is 1. The van der Waals surface area contributed by atoms with Gasteiger partial charge in [-0.15, -0.1) is 0 Å². The van der Waals surface area contributed by atoms with Crippen molar-refractivity contribution in [3.8, 4) is 0 Å². The van der Waals surface area contributed by atoms with E-state index < -0.39 is 7.37 Å². The Morgan fingerprint density at radius 2 is 2.15 bits per heavy atom. The average Bonchev–Trinajstić information content (AvgIpc) is 2.41. The molecular weight excluding hydrogens is 187 g/mol. The summed E-state index contributed by atoms with van der Waals surface area (Å²) in [7, 11) is -2.52. The van der Waals surface area contributed by atoms with Crippen LogP contribution < -0.4 is 0 Å². The second kappa shape index (κ2) is 4.80. The predicted molar refractivity (Wildman–Crippen MR) is 52.2 cm³/mol. The number of unbranched alkanes of at least 4 members (excludes halogenated alkanes) is 3. The van der Waals surface area contributed by atoms with Crippen LogP contribution in [0.15, 0.2) is 0 Å². The van der Waals surface area contributed by atoms with Crippen LogP contribution in [0.1, 0.15) is 39.0 Å². The summed E-state index contributed by atoms with van der Waals surface area (Å²) in [5.74, 6) is -0.279. The molecule has 1 atom stereocenters. The molecule has 3 nitrogen and oxygen atoms in total. The van der Waals surface area contributed by atoms with E-state index in [9.17, 15) is 9.36 Å². The fraction of sp³-hybridized carbons (Fsp3) is 0.889. The third kappa shape index (κ3) is 3.51. The van der Waals surface area contributed by atoms with E-state index in [-0.39, 0.29) is 5.97 Å². The van der Waals surface area contributed by atoms with E-state index in [4.69, 9.17) is 4.52 Å². The number of rotatable bonds is 5. The van der Waals surface area contributed by atoms with Gasteiger partial charge in [0.25, 0.3) is 7.37 Å². The monoisotopic (exact) mass is 204 g/mol. The highest BCUT2D eigenvalue weighted by Gasteiger charge is 2.33. The third-order valence-corrected chi connectivity index (χ3v) is 4.72. The van der Waals surface area contributed by atoms with Gasteiger partial charge in [0.15, 0.2) is 0 Å². The molecule has 0 aliphatic carbocycles. The van der Waals surface area contributed by atoms with Crippen molar-refractivity contribution in [3.05, 3.63) is 0 Å². The maximum atomic E-state index is 11.7. The highest BCUT2D eigenvalue weighted by Crippen LogP contribution is 2.52. The Bertz CT molecular complexity index is 225. The standard InChI is InChI=1S/C9H17O3P/c1-2-3-4-5-7-13(11)8-6-9(10)12-13/h2-8H2,1H3. The summed E-state index contributed by atoms with van der Waals surface area (Å²) in [4.78, 5) is 10.8. The molecule has 1 fully saturated rings. The van der Waals surface area contributed by atoms with Crippen molar-refractivity contribution in [1.29, 1.82) is 0 Å². The Balaban J connectivity index is 2.20. The zero-order chi connectivity index (χ0) is 9.73. The van der Waals surface area contributed by atoms with Gasteiger partial charge >= 0.3 is 5.97 Å². The molecule has 0 aromatic heterocycles. The maximum Gasteiger partial charge on any atom is 0.311 e. The van der Waals surface area contributed by atoms with Crippen molar-refractivity contribution in [2.24, 2.45) is 0 Å². The largest absolute Gasteiger partial charge is 0.412 e. The van der Waals surface area contributed by atoms with Gasteiger partial charge in [-0.3, -0.25) is 9.36 Å². The van der Waals surface area contributed by atoms with Crippen LogP contribution in [0.25, 0.3) is 0 Å². The molecular formula is C9H17O3P. The molecule has 0 radical (unpaired) electrons. The first-order chi connectivity index (χ1) is 6.16. The topological polar surface area (TPSA) is 43.4 Å². The molecule has 13 heavy (non-hydrogen) atoms. The zero-order valence-electron chi connectivity index (χ0n) is 8.12. The molecule has 1 aliphatic heterocycles. The fourth-order valence-corrected chi connectivity index (χ4v) is 3.57. The maximum absolute atomic E-state index is 11.7. The third-order valence-electron chi connectivity index (χ3n) is 2.28. The van der Waals surface area contributed by atoms with Crippen molar-refractivity contribution < 1.29 is 13.9 Å². The van der Waals surface area contributed by atoms with Gasteiger partial charge in [-0.2, -0.15) is 0 Å². The summed E-state index contributed by atoms with van der Waals surface area (Å²) in [5, 5.41) is 0. The highest BCUT2D eigenvalue weighted by atomic mass is 31.2. The van der Waals surface area contributed by atoms with Crippen molar-refractivity contribution in [2.45, 2.75) is 39.0 Å². The summed E-state index contributed by atoms with van der Waals surface area (Å²) in [6.45, 7) is 2.14. The lowest BCUT2D eigenvalue weighted by Gasteiger charge is -2.08. The average molecular weight is 204 g/mol. The quantitative estimate of drug-likeness (QED) is 0.511. The zero-order valence-corrected chi connectivity index (χ0v) is 9.02. The Labute approximate surface area is 79.3 Å². The molecule has 1 rings (SSSR count). The summed E-state index contributed by atoms with van der Waals surface area (Å²) in [6.07, 6.45) is 5.79. The van der Waals surface area contributed by atoms with Gasteiger partial charge in [0.2, 0.25) is 0 Å². The Kier molecular flexibility index (Phi) is 3.98. The highest BCUT2D eigenvalue weighted by molar-refractivity contribution is 7.60. The van der Waals surface area contributed by atoms with Crippen LogP contribution in [0.2, 0.25) is 0 Å². The first kappa shape index (κ1) is 10.8. The molecule has 0 saturated carbocycles. The number of hydrogen-bond donors (Lipinski definition) is 0. The van der Waals surface area contributed by atoms with Gasteiger partial charge in [-0.1, -0.05) is 26.2 Å². The Morgan fingerprint density at radius 3 is 2.69 bits per heavy atom. The predicted octanol–water partition coefficient (Wildman–Crippen LogP) is 2.79. The van der Waals surface area contributed by atoms with Gasteiger partial charge < -0.3 is 4.52 Å². The van der Waals surface area contributed by atoms with Crippen LogP contribution in [-0.2, 0) is 13.9 Å². The first-order valence-corrected chi connectivity index (χ1v) is 6.96. The van der Waals surface area contributed by atoms with Gasteiger partial charge in [-0.05, 0) is 6.42 Å². The Morgan fingerprint density at radius 1 is 1.38 bits per heavy atom. The minimum atomic E-state index is -2.52. The molecule has 0 aromatic rings. The second-order valence-electron chi connectivity index (χ2n) is 3.54. The van der Waals surface area contributed by atoms with E-state index in [2.05, 4.69) is 6.92 Å². The summed E-state index contributed by atoms with van der Waals surface area (Å²) in [5.41, 5.74) is 0. The van der Waals surface area contributed by atoms with E-state index in [1.807, 2.05) is 0 Å².